The monoisotopic (exact) mass is 420 g/mol. The van der Waals surface area contributed by atoms with Gasteiger partial charge in [-0.25, -0.2) is 0 Å². The average molecular weight is 422 g/mol. The maximum atomic E-state index is 6.20. The van der Waals surface area contributed by atoms with Crippen molar-refractivity contribution in [3.63, 3.8) is 0 Å². The van der Waals surface area contributed by atoms with Gasteiger partial charge in [-0.1, -0.05) is 0 Å². The summed E-state index contributed by atoms with van der Waals surface area (Å²) < 4.78 is 4.95. The average Bonchev–Trinajstić information content (AvgIpc) is 2.24. The molecule has 5 nitrogen and oxygen atoms in total. The third-order valence-electron chi connectivity index (χ3n) is 1.98. The summed E-state index contributed by atoms with van der Waals surface area (Å²) in [4.78, 5) is 4.10. The van der Waals surface area contributed by atoms with Gasteiger partial charge in [-0.15, -0.1) is 0 Å². The third kappa shape index (κ3) is 3.73. The standard InChI is InChI=1S/C6H8Cl5N4OP3/c7-18(8)13-17-14-19(9,10,11)15(18)16-6-4-2-1-3-5(6)12/h1-4,14,17H,12H2. The molecule has 3 N–H and O–H groups in total. The predicted molar refractivity (Wildman–Crippen MR) is 90.3 cm³/mol. The van der Waals surface area contributed by atoms with Crippen LogP contribution in [0.15, 0.2) is 28.8 Å². The Morgan fingerprint density at radius 1 is 1.32 bits per heavy atom. The van der Waals surface area contributed by atoms with Gasteiger partial charge in [0.2, 0.25) is 0 Å². The Morgan fingerprint density at radius 2 is 1.95 bits per heavy atom. The molecule has 108 valence electrons. The Bertz CT molecular complexity index is 557. The zero-order chi connectivity index (χ0) is 14.3. The summed E-state index contributed by atoms with van der Waals surface area (Å²) >= 11 is 30.9. The summed E-state index contributed by atoms with van der Waals surface area (Å²) in [5.41, 5.74) is 6.13. The fraction of sp³-hybridized carbons (Fsp3) is 0. The van der Waals surface area contributed by atoms with Crippen molar-refractivity contribution in [3.05, 3.63) is 24.3 Å². The number of nitrogens with two attached hydrogens (primary N) is 1. The minimum absolute atomic E-state index is 0.211. The second-order valence-electron chi connectivity index (χ2n) is 3.43. The molecule has 0 aromatic heterocycles. The van der Waals surface area contributed by atoms with E-state index in [1.165, 1.54) is 0 Å². The maximum absolute atomic E-state index is 6.20. The summed E-state index contributed by atoms with van der Waals surface area (Å²) in [6.45, 7) is 0. The van der Waals surface area contributed by atoms with Gasteiger partial charge in [0.15, 0.2) is 0 Å². The van der Waals surface area contributed by atoms with Gasteiger partial charge < -0.3 is 0 Å². The van der Waals surface area contributed by atoms with Gasteiger partial charge in [0.05, 0.1) is 0 Å². The zero-order valence-corrected chi connectivity index (χ0v) is 15.5. The molecule has 2 rings (SSSR count). The van der Waals surface area contributed by atoms with Crippen LogP contribution in [0.4, 0.5) is 5.69 Å². The van der Waals surface area contributed by atoms with Crippen LogP contribution in [0, 0.1) is 0 Å². The first-order chi connectivity index (χ1) is 8.60. The van der Waals surface area contributed by atoms with E-state index in [0.29, 0.717) is 5.69 Å². The van der Waals surface area contributed by atoms with Crippen molar-refractivity contribution in [3.8, 4) is 5.75 Å². The van der Waals surface area contributed by atoms with E-state index in [9.17, 15) is 0 Å². The molecule has 0 aliphatic carbocycles. The molecule has 0 amide bonds. The van der Waals surface area contributed by atoms with Gasteiger partial charge in [-0.2, -0.15) is 0 Å². The minimum atomic E-state index is -4.11. The van der Waals surface area contributed by atoms with E-state index in [4.69, 9.17) is 66.8 Å². The number of nitrogens with zero attached hydrogens (tertiary/aromatic N) is 2. The molecule has 1 aliphatic heterocycles. The quantitative estimate of drug-likeness (QED) is 0.437. The summed E-state index contributed by atoms with van der Waals surface area (Å²) in [6.07, 6.45) is 0. The zero-order valence-electron chi connectivity index (χ0n) is 8.97. The van der Waals surface area contributed by atoms with Crippen molar-refractivity contribution in [1.29, 1.82) is 0 Å². The van der Waals surface area contributed by atoms with Crippen LogP contribution in [-0.2, 0) is 0 Å². The first kappa shape index (κ1) is 16.6. The fourth-order valence-corrected chi connectivity index (χ4v) is 15.2. The molecule has 1 unspecified atom stereocenters. The second kappa shape index (κ2) is 5.48. The SMILES string of the molecule is Nc1ccccc1ON1P(Cl)(Cl)=NPNP1(Cl)(Cl)Cl. The fourth-order valence-electron chi connectivity index (χ4n) is 1.19. The molecule has 1 aliphatic rings. The molecular formula is C6H8Cl5N4OP3. The molecule has 0 saturated heterocycles. The number of hydrogen-bond acceptors (Lipinski definition) is 5. The van der Waals surface area contributed by atoms with Gasteiger partial charge in [-0.05, 0) is 0 Å². The number of anilines is 1. The molecular weight excluding hydrogens is 414 g/mol. The Hall–Kier alpha value is 1.28. The van der Waals surface area contributed by atoms with Crippen LogP contribution in [0.3, 0.4) is 0 Å². The van der Waals surface area contributed by atoms with Crippen LogP contribution in [0.2, 0.25) is 0 Å². The van der Waals surface area contributed by atoms with Crippen LogP contribution in [-0.4, -0.2) is 4.60 Å². The Kier molecular flexibility index (Phi) is 4.80. The molecule has 0 radical (unpaired) electrons. The molecule has 0 spiro atoms. The normalized spacial score (nSPS) is 27.9. The number of halogens is 5. The molecule has 0 saturated carbocycles. The topological polar surface area (TPSA) is 62.9 Å². The van der Waals surface area contributed by atoms with Gasteiger partial charge in [0.25, 0.3) is 0 Å². The summed E-state index contributed by atoms with van der Waals surface area (Å²) in [7, 11) is -0.211. The van der Waals surface area contributed by atoms with Crippen LogP contribution >= 0.6 is 76.0 Å². The Labute approximate surface area is 135 Å². The van der Waals surface area contributed by atoms with E-state index >= 15 is 0 Å². The van der Waals surface area contributed by atoms with Crippen LogP contribution in [0.5, 0.6) is 5.75 Å². The van der Waals surface area contributed by atoms with Crippen LogP contribution in [0.25, 0.3) is 0 Å². The Morgan fingerprint density at radius 3 is 2.53 bits per heavy atom. The summed E-state index contributed by atoms with van der Waals surface area (Å²) in [5.74, 6) is -2.80. The van der Waals surface area contributed by atoms with Crippen molar-refractivity contribution >= 4 is 81.6 Å². The number of rotatable bonds is 2. The van der Waals surface area contributed by atoms with Crippen LogP contribution < -0.4 is 15.4 Å². The van der Waals surface area contributed by atoms with Crippen molar-refractivity contribution in [2.45, 2.75) is 0 Å². The first-order valence-corrected chi connectivity index (χ1v) is 14.0. The van der Waals surface area contributed by atoms with E-state index < -0.39 is 10.9 Å². The molecule has 13 heteroatoms. The number of hydrogen-bond donors (Lipinski definition) is 2. The van der Waals surface area contributed by atoms with Crippen molar-refractivity contribution in [2.24, 2.45) is 4.52 Å². The third-order valence-corrected chi connectivity index (χ3v) is 15.4. The Balaban J connectivity index is 2.43. The number of nitrogens with one attached hydrogen (secondary N) is 1. The number of para-hydroxylation sites is 2. The molecule has 1 heterocycles. The van der Waals surface area contributed by atoms with Crippen molar-refractivity contribution in [2.75, 3.05) is 5.73 Å². The van der Waals surface area contributed by atoms with E-state index in [2.05, 4.69) is 9.37 Å². The molecule has 1 aromatic carbocycles. The van der Waals surface area contributed by atoms with Gasteiger partial charge in [0, 0.05) is 0 Å². The number of nitrogen functional groups attached to an aromatic ring is 1. The van der Waals surface area contributed by atoms with E-state index in [1.54, 1.807) is 24.3 Å². The molecule has 0 fully saturated rings. The summed E-state index contributed by atoms with van der Waals surface area (Å²) in [5, 5.41) is 0. The number of benzene rings is 1. The van der Waals surface area contributed by atoms with E-state index in [0.717, 1.165) is 4.60 Å². The molecule has 19 heavy (non-hydrogen) atoms. The molecule has 1 aromatic rings. The predicted octanol–water partition coefficient (Wildman–Crippen LogP) is 6.24. The van der Waals surface area contributed by atoms with Gasteiger partial charge >= 0.3 is 136 Å². The first-order valence-electron chi connectivity index (χ1n) is 4.65. The van der Waals surface area contributed by atoms with E-state index in [1.807, 2.05) is 0 Å². The van der Waals surface area contributed by atoms with E-state index in [-0.39, 0.29) is 14.6 Å². The summed E-state index contributed by atoms with van der Waals surface area (Å²) in [6, 6.07) is 6.71. The second-order valence-corrected chi connectivity index (χ2v) is 19.7. The molecule has 1 atom stereocenters. The van der Waals surface area contributed by atoms with Gasteiger partial charge in [-0.3, -0.25) is 0 Å². The van der Waals surface area contributed by atoms with Gasteiger partial charge in [0.1, 0.15) is 0 Å². The van der Waals surface area contributed by atoms with Crippen molar-refractivity contribution < 1.29 is 4.84 Å². The van der Waals surface area contributed by atoms with Crippen LogP contribution in [0.1, 0.15) is 0 Å². The molecule has 0 bridgehead atoms. The van der Waals surface area contributed by atoms with Crippen molar-refractivity contribution in [1.82, 2.24) is 9.46 Å².